The molecule has 0 radical (unpaired) electrons. The second kappa shape index (κ2) is 5.92. The van der Waals surface area contributed by atoms with Crippen LogP contribution in [0.1, 0.15) is 65.2 Å². The number of Topliss-reactive ketones (excluding diaryl/α,β-unsaturated/α-hetero) is 2. The first kappa shape index (κ1) is 17.2. The van der Waals surface area contributed by atoms with E-state index in [4.69, 9.17) is 0 Å². The maximum absolute atomic E-state index is 12.6. The van der Waals surface area contributed by atoms with Crippen molar-refractivity contribution in [2.45, 2.75) is 65.2 Å². The Morgan fingerprint density at radius 2 is 1.88 bits per heavy atom. The number of carbonyl (C=O) groups is 3. The lowest BCUT2D eigenvalue weighted by Crippen LogP contribution is -2.57. The van der Waals surface area contributed by atoms with E-state index in [1.807, 2.05) is 0 Å². The van der Waals surface area contributed by atoms with E-state index in [1.54, 1.807) is 0 Å². The van der Waals surface area contributed by atoms with Crippen LogP contribution in [0.3, 0.4) is 0 Å². The molecule has 1 amide bonds. The molecule has 0 bridgehead atoms. The van der Waals surface area contributed by atoms with Gasteiger partial charge >= 0.3 is 0 Å². The predicted molar refractivity (Wildman–Crippen MR) is 94.7 cm³/mol. The number of amides is 1. The van der Waals surface area contributed by atoms with Gasteiger partial charge in [0, 0.05) is 31.2 Å². The SMILES string of the molecule is C[C@]12CCC(=O)CC1C(CNC=O)C[C@@H]1[C@H]2CC[C@]2(C)C(=O)CC[C@@H]12. The molecule has 0 aliphatic heterocycles. The van der Waals surface area contributed by atoms with Gasteiger partial charge in [-0.05, 0) is 67.1 Å². The number of rotatable bonds is 3. The van der Waals surface area contributed by atoms with Crippen LogP contribution in [0.25, 0.3) is 0 Å². The van der Waals surface area contributed by atoms with Crippen molar-refractivity contribution in [1.29, 1.82) is 0 Å². The molecule has 1 N–H and O–H groups in total. The molecule has 138 valence electrons. The van der Waals surface area contributed by atoms with Gasteiger partial charge in [0.05, 0.1) is 0 Å². The van der Waals surface area contributed by atoms with Crippen molar-refractivity contribution in [3.63, 3.8) is 0 Å². The van der Waals surface area contributed by atoms with Gasteiger partial charge in [-0.15, -0.1) is 0 Å². The van der Waals surface area contributed by atoms with Crippen molar-refractivity contribution >= 4 is 18.0 Å². The highest BCUT2D eigenvalue weighted by Crippen LogP contribution is 2.66. The summed E-state index contributed by atoms with van der Waals surface area (Å²) in [7, 11) is 0. The summed E-state index contributed by atoms with van der Waals surface area (Å²) >= 11 is 0. The van der Waals surface area contributed by atoms with Crippen LogP contribution in [0.2, 0.25) is 0 Å². The first-order valence-electron chi connectivity index (χ1n) is 10.1. The maximum atomic E-state index is 12.6. The Labute approximate surface area is 150 Å². The number of fused-ring (bicyclic) bond motifs is 5. The summed E-state index contributed by atoms with van der Waals surface area (Å²) in [6, 6.07) is 0. The molecule has 4 aliphatic rings. The number of ketones is 2. The van der Waals surface area contributed by atoms with E-state index in [2.05, 4.69) is 19.2 Å². The van der Waals surface area contributed by atoms with Gasteiger partial charge in [0.2, 0.25) is 6.41 Å². The minimum absolute atomic E-state index is 0.114. The van der Waals surface area contributed by atoms with Gasteiger partial charge in [0.1, 0.15) is 11.6 Å². The van der Waals surface area contributed by atoms with Gasteiger partial charge in [0.15, 0.2) is 0 Å². The van der Waals surface area contributed by atoms with Crippen molar-refractivity contribution in [1.82, 2.24) is 5.32 Å². The molecule has 4 aliphatic carbocycles. The highest BCUT2D eigenvalue weighted by Gasteiger charge is 2.62. The molecule has 4 fully saturated rings. The summed E-state index contributed by atoms with van der Waals surface area (Å²) in [5.41, 5.74) is 0.0799. The lowest BCUT2D eigenvalue weighted by molar-refractivity contribution is -0.152. The summed E-state index contributed by atoms with van der Waals surface area (Å²) in [5.74, 6) is 3.37. The van der Waals surface area contributed by atoms with Crippen molar-refractivity contribution in [2.75, 3.05) is 6.54 Å². The standard InChI is InChI=1S/C21H31NO3/c1-20-7-5-14(24)10-18(20)13(11-22-12-23)9-15-16-3-4-19(25)21(16,2)8-6-17(15)20/h12-13,15-18H,3-11H2,1-2H3,(H,22,23)/t13?,15-,16-,17+,18?,20+,21-/m0/s1. The van der Waals surface area contributed by atoms with Crippen LogP contribution in [-0.4, -0.2) is 24.5 Å². The van der Waals surface area contributed by atoms with Crippen LogP contribution in [0, 0.1) is 40.4 Å². The number of nitrogens with one attached hydrogen (secondary N) is 1. The van der Waals surface area contributed by atoms with E-state index in [9.17, 15) is 14.4 Å². The number of hydrogen-bond acceptors (Lipinski definition) is 3. The Morgan fingerprint density at radius 1 is 1.08 bits per heavy atom. The van der Waals surface area contributed by atoms with E-state index in [1.165, 1.54) is 0 Å². The molecular weight excluding hydrogens is 314 g/mol. The molecule has 0 aromatic heterocycles. The Morgan fingerprint density at radius 3 is 2.64 bits per heavy atom. The van der Waals surface area contributed by atoms with Crippen LogP contribution in [0.5, 0.6) is 0 Å². The summed E-state index contributed by atoms with van der Waals surface area (Å²) in [6.07, 6.45) is 8.22. The number of carbonyl (C=O) groups excluding carboxylic acids is 3. The first-order valence-corrected chi connectivity index (χ1v) is 10.1. The van der Waals surface area contributed by atoms with Crippen LogP contribution in [0.4, 0.5) is 0 Å². The van der Waals surface area contributed by atoms with Crippen molar-refractivity contribution in [3.05, 3.63) is 0 Å². The zero-order valence-electron chi connectivity index (χ0n) is 15.6. The minimum Gasteiger partial charge on any atom is -0.358 e. The molecule has 4 saturated carbocycles. The molecular formula is C21H31NO3. The zero-order valence-corrected chi connectivity index (χ0v) is 15.6. The lowest BCUT2D eigenvalue weighted by Gasteiger charge is -2.61. The molecule has 25 heavy (non-hydrogen) atoms. The monoisotopic (exact) mass is 345 g/mol. The first-order chi connectivity index (χ1) is 11.9. The van der Waals surface area contributed by atoms with E-state index >= 15 is 0 Å². The van der Waals surface area contributed by atoms with Gasteiger partial charge in [-0.1, -0.05) is 13.8 Å². The molecule has 7 atom stereocenters. The van der Waals surface area contributed by atoms with Crippen LogP contribution in [-0.2, 0) is 14.4 Å². The smallest absolute Gasteiger partial charge is 0.207 e. The lowest BCUT2D eigenvalue weighted by atomic mass is 9.43. The van der Waals surface area contributed by atoms with Crippen LogP contribution >= 0.6 is 0 Å². The Hall–Kier alpha value is -1.19. The largest absolute Gasteiger partial charge is 0.358 e. The second-order valence-electron chi connectivity index (χ2n) is 9.67. The van der Waals surface area contributed by atoms with Gasteiger partial charge < -0.3 is 5.32 Å². The van der Waals surface area contributed by atoms with Gasteiger partial charge in [-0.3, -0.25) is 14.4 Å². The fourth-order valence-electron chi connectivity index (χ4n) is 7.49. The second-order valence-corrected chi connectivity index (χ2v) is 9.67. The van der Waals surface area contributed by atoms with Crippen molar-refractivity contribution < 1.29 is 14.4 Å². The minimum atomic E-state index is -0.114. The van der Waals surface area contributed by atoms with Crippen LogP contribution < -0.4 is 5.32 Å². The van der Waals surface area contributed by atoms with E-state index in [0.717, 1.165) is 44.9 Å². The summed E-state index contributed by atoms with van der Waals surface area (Å²) in [5, 5.41) is 2.90. The molecule has 4 nitrogen and oxygen atoms in total. The molecule has 0 heterocycles. The van der Waals surface area contributed by atoms with Crippen LogP contribution in [0.15, 0.2) is 0 Å². The van der Waals surface area contributed by atoms with E-state index < -0.39 is 0 Å². The van der Waals surface area contributed by atoms with Crippen molar-refractivity contribution in [3.8, 4) is 0 Å². The van der Waals surface area contributed by atoms with Crippen molar-refractivity contribution in [2.24, 2.45) is 40.4 Å². The van der Waals surface area contributed by atoms with Gasteiger partial charge in [-0.2, -0.15) is 0 Å². The molecule has 0 spiro atoms. The molecule has 4 rings (SSSR count). The Balaban J connectivity index is 1.68. The van der Waals surface area contributed by atoms with Gasteiger partial charge in [0.25, 0.3) is 0 Å². The third kappa shape index (κ3) is 2.43. The molecule has 4 heteroatoms. The Bertz CT molecular complexity index is 602. The Kier molecular flexibility index (Phi) is 4.08. The summed E-state index contributed by atoms with van der Waals surface area (Å²) < 4.78 is 0. The molecule has 2 unspecified atom stereocenters. The average Bonchev–Trinajstić information content (AvgIpc) is 2.89. The highest BCUT2D eigenvalue weighted by molar-refractivity contribution is 5.87. The van der Waals surface area contributed by atoms with E-state index in [-0.39, 0.29) is 10.8 Å². The quantitative estimate of drug-likeness (QED) is 0.799. The molecule has 0 aromatic rings. The molecule has 0 aromatic carbocycles. The maximum Gasteiger partial charge on any atom is 0.207 e. The summed E-state index contributed by atoms with van der Waals surface area (Å²) in [6.45, 7) is 5.30. The number of hydrogen-bond donors (Lipinski definition) is 1. The highest BCUT2D eigenvalue weighted by atomic mass is 16.1. The topological polar surface area (TPSA) is 63.2 Å². The zero-order chi connectivity index (χ0) is 17.8. The average molecular weight is 345 g/mol. The normalized spacial score (nSPS) is 49.1. The van der Waals surface area contributed by atoms with Gasteiger partial charge in [-0.25, -0.2) is 0 Å². The fraction of sp³-hybridized carbons (Fsp3) is 0.857. The third-order valence-corrected chi connectivity index (χ3v) is 8.84. The fourth-order valence-corrected chi connectivity index (χ4v) is 7.49. The molecule has 0 saturated heterocycles. The van der Waals surface area contributed by atoms with E-state index in [0.29, 0.717) is 60.5 Å². The predicted octanol–water partition coefficient (Wildman–Crippen LogP) is 3.14. The third-order valence-electron chi connectivity index (χ3n) is 8.84. The summed E-state index contributed by atoms with van der Waals surface area (Å²) in [4.78, 5) is 35.6.